The van der Waals surface area contributed by atoms with Crippen LogP contribution < -0.4 is 5.32 Å². The average Bonchev–Trinajstić information content (AvgIpc) is 2.68. The third-order valence-corrected chi connectivity index (χ3v) is 3.71. The zero-order chi connectivity index (χ0) is 13.4. The van der Waals surface area contributed by atoms with Crippen LogP contribution in [0.25, 0.3) is 11.6 Å². The fourth-order valence-corrected chi connectivity index (χ4v) is 2.47. The molecule has 1 heterocycles. The molecule has 0 radical (unpaired) electrons. The van der Waals surface area contributed by atoms with Crippen molar-refractivity contribution in [2.75, 3.05) is 5.32 Å². The quantitative estimate of drug-likeness (QED) is 0.759. The fraction of sp³-hybridized carbons (Fsp3) is 0. The van der Waals surface area contributed by atoms with Crippen LogP contribution in [0, 0.1) is 0 Å². The molecular formula is C15H9BrClNO. The number of amides is 1. The van der Waals surface area contributed by atoms with E-state index in [9.17, 15) is 4.79 Å². The topological polar surface area (TPSA) is 29.1 Å². The predicted octanol–water partition coefficient (Wildman–Crippen LogP) is 4.60. The number of nitrogens with one attached hydrogen (secondary N) is 1. The lowest BCUT2D eigenvalue weighted by Crippen LogP contribution is -2.03. The summed E-state index contributed by atoms with van der Waals surface area (Å²) >= 11 is 9.31. The van der Waals surface area contributed by atoms with E-state index < -0.39 is 0 Å². The molecule has 1 aliphatic heterocycles. The van der Waals surface area contributed by atoms with Crippen molar-refractivity contribution in [3.05, 3.63) is 63.1 Å². The van der Waals surface area contributed by atoms with Crippen molar-refractivity contribution in [2.45, 2.75) is 0 Å². The SMILES string of the molecule is O=C1Nc2cc(Cl)ccc2/C1=C\c1ccc(Br)cc1. The van der Waals surface area contributed by atoms with Crippen molar-refractivity contribution >= 4 is 50.8 Å². The summed E-state index contributed by atoms with van der Waals surface area (Å²) in [6.07, 6.45) is 1.88. The number of carbonyl (C=O) groups is 1. The minimum atomic E-state index is -0.0971. The van der Waals surface area contributed by atoms with Crippen molar-refractivity contribution in [1.29, 1.82) is 0 Å². The van der Waals surface area contributed by atoms with Crippen LogP contribution in [-0.4, -0.2) is 5.91 Å². The summed E-state index contributed by atoms with van der Waals surface area (Å²) < 4.78 is 1.01. The van der Waals surface area contributed by atoms with Gasteiger partial charge in [0.1, 0.15) is 0 Å². The van der Waals surface area contributed by atoms with Gasteiger partial charge < -0.3 is 5.32 Å². The molecule has 0 bridgehead atoms. The second-order valence-corrected chi connectivity index (χ2v) is 5.61. The fourth-order valence-electron chi connectivity index (χ4n) is 2.04. The van der Waals surface area contributed by atoms with E-state index in [-0.39, 0.29) is 5.91 Å². The van der Waals surface area contributed by atoms with Crippen LogP contribution in [0.2, 0.25) is 5.02 Å². The van der Waals surface area contributed by atoms with Gasteiger partial charge in [0.15, 0.2) is 0 Å². The van der Waals surface area contributed by atoms with Gasteiger partial charge in [0.05, 0.1) is 5.69 Å². The third kappa shape index (κ3) is 2.44. The smallest absolute Gasteiger partial charge is 0.256 e. The van der Waals surface area contributed by atoms with E-state index in [0.717, 1.165) is 21.3 Å². The third-order valence-electron chi connectivity index (χ3n) is 2.95. The number of halogens is 2. The highest BCUT2D eigenvalue weighted by Gasteiger charge is 2.23. The molecule has 2 nitrogen and oxygen atoms in total. The van der Waals surface area contributed by atoms with Crippen molar-refractivity contribution in [1.82, 2.24) is 0 Å². The summed E-state index contributed by atoms with van der Waals surface area (Å²) in [4.78, 5) is 12.0. The van der Waals surface area contributed by atoms with Gasteiger partial charge in [0, 0.05) is 20.6 Å². The Labute approximate surface area is 124 Å². The molecule has 19 heavy (non-hydrogen) atoms. The van der Waals surface area contributed by atoms with Crippen LogP contribution in [0.1, 0.15) is 11.1 Å². The van der Waals surface area contributed by atoms with Gasteiger partial charge in [0.2, 0.25) is 0 Å². The number of carbonyl (C=O) groups excluding carboxylic acids is 1. The molecule has 0 saturated carbocycles. The molecule has 1 N–H and O–H groups in total. The van der Waals surface area contributed by atoms with Crippen molar-refractivity contribution in [3.8, 4) is 0 Å². The van der Waals surface area contributed by atoms with Crippen LogP contribution >= 0.6 is 27.5 Å². The van der Waals surface area contributed by atoms with Gasteiger partial charge in [-0.15, -0.1) is 0 Å². The highest BCUT2D eigenvalue weighted by Crippen LogP contribution is 2.34. The lowest BCUT2D eigenvalue weighted by Gasteiger charge is -1.99. The van der Waals surface area contributed by atoms with Crippen LogP contribution in [-0.2, 0) is 4.79 Å². The van der Waals surface area contributed by atoms with Crippen LogP contribution in [0.3, 0.4) is 0 Å². The van der Waals surface area contributed by atoms with Crippen LogP contribution in [0.15, 0.2) is 46.9 Å². The monoisotopic (exact) mass is 333 g/mol. The number of hydrogen-bond donors (Lipinski definition) is 1. The first-order valence-corrected chi connectivity index (χ1v) is 6.89. The Hall–Kier alpha value is -1.58. The number of rotatable bonds is 1. The molecule has 94 valence electrons. The minimum absolute atomic E-state index is 0.0971. The zero-order valence-electron chi connectivity index (χ0n) is 9.78. The van der Waals surface area contributed by atoms with E-state index in [0.29, 0.717) is 10.6 Å². The maximum Gasteiger partial charge on any atom is 0.256 e. The maximum atomic E-state index is 12.0. The first-order valence-electron chi connectivity index (χ1n) is 5.72. The summed E-state index contributed by atoms with van der Waals surface area (Å²) in [5, 5.41) is 3.43. The lowest BCUT2D eigenvalue weighted by molar-refractivity contribution is -0.110. The highest BCUT2D eigenvalue weighted by atomic mass is 79.9. The van der Waals surface area contributed by atoms with Crippen LogP contribution in [0.5, 0.6) is 0 Å². The Morgan fingerprint density at radius 3 is 2.58 bits per heavy atom. The zero-order valence-corrected chi connectivity index (χ0v) is 12.1. The normalized spacial score (nSPS) is 15.5. The van der Waals surface area contributed by atoms with Gasteiger partial charge in [-0.1, -0.05) is 45.7 Å². The van der Waals surface area contributed by atoms with Crippen molar-refractivity contribution < 1.29 is 4.79 Å². The first-order chi connectivity index (χ1) is 9.13. The van der Waals surface area contributed by atoms with Gasteiger partial charge in [-0.05, 0) is 35.9 Å². The largest absolute Gasteiger partial charge is 0.321 e. The molecule has 2 aromatic rings. The molecule has 0 atom stereocenters. The minimum Gasteiger partial charge on any atom is -0.321 e. The van der Waals surface area contributed by atoms with E-state index in [1.54, 1.807) is 12.1 Å². The second-order valence-electron chi connectivity index (χ2n) is 4.25. The second kappa shape index (κ2) is 4.83. The number of fused-ring (bicyclic) bond motifs is 1. The van der Waals surface area contributed by atoms with Crippen molar-refractivity contribution in [3.63, 3.8) is 0 Å². The van der Waals surface area contributed by atoms with Gasteiger partial charge in [-0.2, -0.15) is 0 Å². The first kappa shape index (κ1) is 12.5. The summed E-state index contributed by atoms with van der Waals surface area (Å²) in [7, 11) is 0. The Balaban J connectivity index is 2.06. The molecule has 2 aromatic carbocycles. The summed E-state index contributed by atoms with van der Waals surface area (Å²) in [5.74, 6) is -0.0971. The lowest BCUT2D eigenvalue weighted by atomic mass is 10.0. The molecule has 0 fully saturated rings. The Bertz CT molecular complexity index is 692. The molecule has 1 aliphatic rings. The molecule has 1 amide bonds. The van der Waals surface area contributed by atoms with Gasteiger partial charge >= 0.3 is 0 Å². The number of anilines is 1. The number of hydrogen-bond acceptors (Lipinski definition) is 1. The predicted molar refractivity (Wildman–Crippen MR) is 82.1 cm³/mol. The van der Waals surface area contributed by atoms with E-state index >= 15 is 0 Å². The van der Waals surface area contributed by atoms with E-state index in [2.05, 4.69) is 21.2 Å². The molecule has 0 aromatic heterocycles. The molecule has 4 heteroatoms. The number of benzene rings is 2. The summed E-state index contributed by atoms with van der Waals surface area (Å²) in [5.41, 5.74) is 3.29. The summed E-state index contributed by atoms with van der Waals surface area (Å²) in [6.45, 7) is 0. The Morgan fingerprint density at radius 2 is 1.84 bits per heavy atom. The maximum absolute atomic E-state index is 12.0. The van der Waals surface area contributed by atoms with Crippen LogP contribution in [0.4, 0.5) is 5.69 Å². The molecule has 0 unspecified atom stereocenters. The van der Waals surface area contributed by atoms with E-state index in [4.69, 9.17) is 11.6 Å². The van der Waals surface area contributed by atoms with E-state index in [1.165, 1.54) is 0 Å². The molecule has 0 aliphatic carbocycles. The molecule has 0 saturated heterocycles. The van der Waals surface area contributed by atoms with Crippen molar-refractivity contribution in [2.24, 2.45) is 0 Å². The highest BCUT2D eigenvalue weighted by molar-refractivity contribution is 9.10. The van der Waals surface area contributed by atoms with Gasteiger partial charge in [0.25, 0.3) is 5.91 Å². The van der Waals surface area contributed by atoms with E-state index in [1.807, 2.05) is 36.4 Å². The molecule has 3 rings (SSSR count). The summed E-state index contributed by atoms with van der Waals surface area (Å²) in [6, 6.07) is 13.2. The standard InChI is InChI=1S/C15H9BrClNO/c16-10-3-1-9(2-4-10)7-13-12-6-5-11(17)8-14(12)18-15(13)19/h1-8H,(H,18,19)/b13-7+. The molecule has 0 spiro atoms. The van der Waals surface area contributed by atoms with Gasteiger partial charge in [-0.25, -0.2) is 0 Å². The molecular weight excluding hydrogens is 326 g/mol. The Morgan fingerprint density at radius 1 is 1.11 bits per heavy atom. The van der Waals surface area contributed by atoms with Gasteiger partial charge in [-0.3, -0.25) is 4.79 Å². The average molecular weight is 335 g/mol. The Kier molecular flexibility index (Phi) is 3.17.